The van der Waals surface area contributed by atoms with Crippen LogP contribution in [0.4, 0.5) is 0 Å². The predicted molar refractivity (Wildman–Crippen MR) is 114 cm³/mol. The molecule has 0 saturated carbocycles. The van der Waals surface area contributed by atoms with Gasteiger partial charge in [-0.1, -0.05) is 61.0 Å². The van der Waals surface area contributed by atoms with Gasteiger partial charge in [0.15, 0.2) is 6.10 Å². The number of nitrogens with one attached hydrogen (secondary N) is 1. The summed E-state index contributed by atoms with van der Waals surface area (Å²) in [5.74, 6) is 1.53. The van der Waals surface area contributed by atoms with Crippen molar-refractivity contribution in [2.24, 2.45) is 0 Å². The standard InChI is InChI=1S/C23H25NO2S/c1-3-21(26-22-10-6-8-18-7-4-5-9-20(18)22)23(25)24-15-16-27-19-13-11-17(2)12-14-19/h4-14,21H,3,15-16H2,1-2H3,(H,24,25)/t21-/m0/s1. The lowest BCUT2D eigenvalue weighted by molar-refractivity contribution is -0.127. The molecule has 27 heavy (non-hydrogen) atoms. The molecule has 1 atom stereocenters. The summed E-state index contributed by atoms with van der Waals surface area (Å²) in [6.45, 7) is 4.67. The summed E-state index contributed by atoms with van der Waals surface area (Å²) in [6.07, 6.45) is 0.139. The first-order chi connectivity index (χ1) is 13.2. The molecule has 3 rings (SSSR count). The average Bonchev–Trinajstić information content (AvgIpc) is 2.70. The number of hydrogen-bond acceptors (Lipinski definition) is 3. The molecule has 3 nitrogen and oxygen atoms in total. The fourth-order valence-electron chi connectivity index (χ4n) is 2.87. The zero-order valence-corrected chi connectivity index (χ0v) is 16.6. The van der Waals surface area contributed by atoms with Crippen molar-refractivity contribution in [1.29, 1.82) is 0 Å². The van der Waals surface area contributed by atoms with Gasteiger partial charge in [0.05, 0.1) is 0 Å². The molecule has 0 aliphatic heterocycles. The molecular formula is C23H25NO2S. The van der Waals surface area contributed by atoms with Crippen molar-refractivity contribution in [2.75, 3.05) is 12.3 Å². The molecule has 0 heterocycles. The van der Waals surface area contributed by atoms with Crippen molar-refractivity contribution in [1.82, 2.24) is 5.32 Å². The summed E-state index contributed by atoms with van der Waals surface area (Å²) < 4.78 is 6.05. The van der Waals surface area contributed by atoms with Crippen molar-refractivity contribution in [3.05, 3.63) is 72.3 Å². The van der Waals surface area contributed by atoms with Crippen LogP contribution >= 0.6 is 11.8 Å². The summed E-state index contributed by atoms with van der Waals surface area (Å²) in [5.41, 5.74) is 1.25. The fraction of sp³-hybridized carbons (Fsp3) is 0.261. The van der Waals surface area contributed by atoms with Crippen LogP contribution in [0.1, 0.15) is 18.9 Å². The quantitative estimate of drug-likeness (QED) is 0.431. The summed E-state index contributed by atoms with van der Waals surface area (Å²) in [6, 6.07) is 22.4. The molecule has 4 heteroatoms. The maximum absolute atomic E-state index is 12.5. The van der Waals surface area contributed by atoms with Crippen LogP contribution in [-0.4, -0.2) is 24.3 Å². The van der Waals surface area contributed by atoms with Gasteiger partial charge in [-0.25, -0.2) is 0 Å². The number of thioether (sulfide) groups is 1. The summed E-state index contributed by atoms with van der Waals surface area (Å²) >= 11 is 1.74. The molecule has 0 saturated heterocycles. The van der Waals surface area contributed by atoms with Gasteiger partial charge in [-0.3, -0.25) is 4.79 Å². The lowest BCUT2D eigenvalue weighted by atomic mass is 10.1. The van der Waals surface area contributed by atoms with Crippen LogP contribution in [0.15, 0.2) is 71.6 Å². The Morgan fingerprint density at radius 1 is 1.04 bits per heavy atom. The highest BCUT2D eigenvalue weighted by molar-refractivity contribution is 7.99. The van der Waals surface area contributed by atoms with Crippen molar-refractivity contribution in [2.45, 2.75) is 31.3 Å². The largest absolute Gasteiger partial charge is 0.480 e. The van der Waals surface area contributed by atoms with Crippen LogP contribution in [0.2, 0.25) is 0 Å². The van der Waals surface area contributed by atoms with E-state index in [-0.39, 0.29) is 5.91 Å². The smallest absolute Gasteiger partial charge is 0.261 e. The first-order valence-corrected chi connectivity index (χ1v) is 10.3. The lowest BCUT2D eigenvalue weighted by Gasteiger charge is -2.18. The second-order valence-electron chi connectivity index (χ2n) is 6.44. The van der Waals surface area contributed by atoms with Gasteiger partial charge in [-0.2, -0.15) is 0 Å². The average molecular weight is 380 g/mol. The second-order valence-corrected chi connectivity index (χ2v) is 7.61. The number of amides is 1. The van der Waals surface area contributed by atoms with Gasteiger partial charge in [0, 0.05) is 22.6 Å². The van der Waals surface area contributed by atoms with Crippen LogP contribution < -0.4 is 10.1 Å². The Hall–Kier alpha value is -2.46. The molecule has 0 fully saturated rings. The minimum Gasteiger partial charge on any atom is -0.480 e. The second kappa shape index (κ2) is 9.47. The Bertz CT molecular complexity index is 887. The first kappa shape index (κ1) is 19.3. The van der Waals surface area contributed by atoms with Gasteiger partial charge in [0.2, 0.25) is 0 Å². The molecule has 1 amide bonds. The highest BCUT2D eigenvalue weighted by Gasteiger charge is 2.18. The van der Waals surface area contributed by atoms with Crippen LogP contribution in [0, 0.1) is 6.92 Å². The van der Waals surface area contributed by atoms with Gasteiger partial charge in [0.25, 0.3) is 5.91 Å². The van der Waals surface area contributed by atoms with Gasteiger partial charge in [-0.15, -0.1) is 11.8 Å². The van der Waals surface area contributed by atoms with Crippen molar-refractivity contribution < 1.29 is 9.53 Å². The van der Waals surface area contributed by atoms with Gasteiger partial charge >= 0.3 is 0 Å². The normalized spacial score (nSPS) is 11.9. The molecule has 0 unspecified atom stereocenters. The molecule has 0 radical (unpaired) electrons. The van der Waals surface area contributed by atoms with Crippen LogP contribution in [0.25, 0.3) is 10.8 Å². The van der Waals surface area contributed by atoms with E-state index in [9.17, 15) is 4.79 Å². The van der Waals surface area contributed by atoms with E-state index in [4.69, 9.17) is 4.74 Å². The highest BCUT2D eigenvalue weighted by Crippen LogP contribution is 2.26. The van der Waals surface area contributed by atoms with Gasteiger partial charge in [-0.05, 0) is 36.9 Å². The third-order valence-corrected chi connectivity index (χ3v) is 5.39. The van der Waals surface area contributed by atoms with Crippen molar-refractivity contribution >= 4 is 28.4 Å². The van der Waals surface area contributed by atoms with Gasteiger partial charge in [0.1, 0.15) is 5.75 Å². The number of carbonyl (C=O) groups is 1. The SMILES string of the molecule is CC[C@H](Oc1cccc2ccccc12)C(=O)NCCSc1ccc(C)cc1. The molecule has 1 N–H and O–H groups in total. The van der Waals surface area contributed by atoms with E-state index < -0.39 is 6.10 Å². The summed E-state index contributed by atoms with van der Waals surface area (Å²) in [4.78, 5) is 13.7. The Kier molecular flexibility index (Phi) is 6.77. The molecule has 0 aliphatic rings. The third-order valence-electron chi connectivity index (χ3n) is 4.37. The first-order valence-electron chi connectivity index (χ1n) is 9.29. The minimum atomic E-state index is -0.486. The molecule has 0 spiro atoms. The third kappa shape index (κ3) is 5.27. The molecule has 0 aliphatic carbocycles. The summed E-state index contributed by atoms with van der Waals surface area (Å²) in [7, 11) is 0. The number of rotatable bonds is 8. The van der Waals surface area contributed by atoms with E-state index in [1.54, 1.807) is 11.8 Å². The Morgan fingerprint density at radius 3 is 2.56 bits per heavy atom. The molecule has 0 aromatic heterocycles. The number of hydrogen-bond donors (Lipinski definition) is 1. The molecule has 3 aromatic carbocycles. The number of carbonyl (C=O) groups excluding carboxylic acids is 1. The van der Waals surface area contributed by atoms with E-state index in [0.717, 1.165) is 22.3 Å². The van der Waals surface area contributed by atoms with Crippen molar-refractivity contribution in [3.8, 4) is 5.75 Å². The van der Waals surface area contributed by atoms with Gasteiger partial charge < -0.3 is 10.1 Å². The topological polar surface area (TPSA) is 38.3 Å². The zero-order valence-electron chi connectivity index (χ0n) is 15.8. The Balaban J connectivity index is 1.53. The number of ether oxygens (including phenoxy) is 1. The van der Waals surface area contributed by atoms with Crippen LogP contribution in [-0.2, 0) is 4.79 Å². The van der Waals surface area contributed by atoms with E-state index >= 15 is 0 Å². The number of fused-ring (bicyclic) bond motifs is 1. The van der Waals surface area contributed by atoms with Crippen LogP contribution in [0.3, 0.4) is 0 Å². The maximum Gasteiger partial charge on any atom is 0.261 e. The van der Waals surface area contributed by atoms with E-state index in [1.165, 1.54) is 10.5 Å². The van der Waals surface area contributed by atoms with Crippen molar-refractivity contribution in [3.63, 3.8) is 0 Å². The molecule has 140 valence electrons. The molecule has 3 aromatic rings. The van der Waals surface area contributed by atoms with E-state index in [2.05, 4.69) is 36.5 Å². The number of aryl methyl sites for hydroxylation is 1. The van der Waals surface area contributed by atoms with E-state index in [1.807, 2.05) is 49.4 Å². The molecule has 0 bridgehead atoms. The maximum atomic E-state index is 12.5. The monoisotopic (exact) mass is 379 g/mol. The van der Waals surface area contributed by atoms with E-state index in [0.29, 0.717) is 13.0 Å². The highest BCUT2D eigenvalue weighted by atomic mass is 32.2. The fourth-order valence-corrected chi connectivity index (χ4v) is 3.63. The predicted octanol–water partition coefficient (Wildman–Crippen LogP) is 5.21. The molecular weight excluding hydrogens is 354 g/mol. The Morgan fingerprint density at radius 2 is 1.78 bits per heavy atom. The zero-order chi connectivity index (χ0) is 19.1. The van der Waals surface area contributed by atoms with Crippen LogP contribution in [0.5, 0.6) is 5.75 Å². The minimum absolute atomic E-state index is 0.0602. The Labute approximate surface area is 165 Å². The lowest BCUT2D eigenvalue weighted by Crippen LogP contribution is -2.39. The summed E-state index contributed by atoms with van der Waals surface area (Å²) in [5, 5.41) is 5.14. The number of benzene rings is 3.